The van der Waals surface area contributed by atoms with E-state index in [2.05, 4.69) is 33.9 Å². The van der Waals surface area contributed by atoms with E-state index in [1.165, 1.54) is 12.8 Å². The molecule has 2 unspecified atom stereocenters. The van der Waals surface area contributed by atoms with Crippen molar-refractivity contribution < 1.29 is 4.79 Å². The fourth-order valence-corrected chi connectivity index (χ4v) is 3.30. The second kappa shape index (κ2) is 10.7. The number of hydrogen-bond donors (Lipinski definition) is 1. The van der Waals surface area contributed by atoms with Crippen LogP contribution in [0.1, 0.15) is 26.7 Å². The molecule has 0 aliphatic carbocycles. The first-order chi connectivity index (χ1) is 9.65. The van der Waals surface area contributed by atoms with E-state index in [1.807, 2.05) is 7.05 Å². The molecular formula is C15H32Cl2N4O. The van der Waals surface area contributed by atoms with Gasteiger partial charge in [-0.3, -0.25) is 9.69 Å². The van der Waals surface area contributed by atoms with Crippen LogP contribution in [0.25, 0.3) is 0 Å². The molecule has 22 heavy (non-hydrogen) atoms. The van der Waals surface area contributed by atoms with Gasteiger partial charge in [-0.1, -0.05) is 6.92 Å². The van der Waals surface area contributed by atoms with E-state index in [-0.39, 0.29) is 30.9 Å². The minimum Gasteiger partial charge on any atom is -0.339 e. The molecule has 2 rings (SSSR count). The topological polar surface area (TPSA) is 38.8 Å². The normalized spacial score (nSPS) is 25.0. The molecule has 132 valence electrons. The number of amides is 1. The smallest absolute Gasteiger partial charge is 0.239 e. The third-order valence-electron chi connectivity index (χ3n) is 4.90. The van der Waals surface area contributed by atoms with Gasteiger partial charge in [0.2, 0.25) is 5.91 Å². The van der Waals surface area contributed by atoms with Gasteiger partial charge >= 0.3 is 0 Å². The van der Waals surface area contributed by atoms with Crippen molar-refractivity contribution in [3.8, 4) is 0 Å². The fourth-order valence-electron chi connectivity index (χ4n) is 3.30. The number of hydrogen-bond acceptors (Lipinski definition) is 4. The zero-order chi connectivity index (χ0) is 14.5. The lowest BCUT2D eigenvalue weighted by Gasteiger charge is -2.40. The zero-order valence-electron chi connectivity index (χ0n) is 14.1. The van der Waals surface area contributed by atoms with Gasteiger partial charge in [-0.25, -0.2) is 0 Å². The summed E-state index contributed by atoms with van der Waals surface area (Å²) in [6, 6.07) is 0.565. The Kier molecular flexibility index (Phi) is 10.6. The minimum atomic E-state index is 0. The number of piperazine rings is 1. The van der Waals surface area contributed by atoms with Crippen molar-refractivity contribution >= 4 is 30.7 Å². The summed E-state index contributed by atoms with van der Waals surface area (Å²) < 4.78 is 0. The van der Waals surface area contributed by atoms with Gasteiger partial charge in [0.05, 0.1) is 6.04 Å². The molecule has 0 aromatic heterocycles. The van der Waals surface area contributed by atoms with Crippen molar-refractivity contribution in [3.05, 3.63) is 0 Å². The highest BCUT2D eigenvalue weighted by molar-refractivity contribution is 5.85. The van der Waals surface area contributed by atoms with Gasteiger partial charge in [0.15, 0.2) is 0 Å². The summed E-state index contributed by atoms with van der Waals surface area (Å²) in [7, 11) is 2.02. The first-order valence-electron chi connectivity index (χ1n) is 8.08. The maximum atomic E-state index is 12.6. The van der Waals surface area contributed by atoms with Gasteiger partial charge in [0, 0.05) is 38.8 Å². The van der Waals surface area contributed by atoms with E-state index < -0.39 is 0 Å². The number of nitrogens with zero attached hydrogens (tertiary/aromatic N) is 3. The van der Waals surface area contributed by atoms with Crippen LogP contribution in [-0.4, -0.2) is 85.6 Å². The summed E-state index contributed by atoms with van der Waals surface area (Å²) in [5.41, 5.74) is 0. The molecule has 2 heterocycles. The molecule has 0 saturated carbocycles. The van der Waals surface area contributed by atoms with Crippen molar-refractivity contribution in [2.45, 2.75) is 38.8 Å². The summed E-state index contributed by atoms with van der Waals surface area (Å²) in [6.07, 6.45) is 2.41. The molecule has 0 bridgehead atoms. The van der Waals surface area contributed by atoms with Crippen LogP contribution in [0, 0.1) is 0 Å². The predicted molar refractivity (Wildman–Crippen MR) is 96.3 cm³/mol. The Morgan fingerprint density at radius 1 is 1.18 bits per heavy atom. The Bertz CT molecular complexity index is 325. The Balaban J connectivity index is 0.00000220. The largest absolute Gasteiger partial charge is 0.339 e. The van der Waals surface area contributed by atoms with Crippen molar-refractivity contribution in [3.63, 3.8) is 0 Å². The van der Waals surface area contributed by atoms with Crippen LogP contribution in [0.2, 0.25) is 0 Å². The quantitative estimate of drug-likeness (QED) is 0.819. The molecule has 0 radical (unpaired) electrons. The van der Waals surface area contributed by atoms with E-state index in [4.69, 9.17) is 0 Å². The lowest BCUT2D eigenvalue weighted by atomic mass is 10.0. The molecular weight excluding hydrogens is 323 g/mol. The van der Waals surface area contributed by atoms with Crippen LogP contribution in [-0.2, 0) is 4.79 Å². The molecule has 1 N–H and O–H groups in total. The number of likely N-dealkylation sites (N-methyl/N-ethyl adjacent to an activating group) is 2. The van der Waals surface area contributed by atoms with Crippen LogP contribution >= 0.6 is 24.8 Å². The van der Waals surface area contributed by atoms with E-state index in [1.54, 1.807) is 0 Å². The number of nitrogens with one attached hydrogen (secondary N) is 1. The number of carbonyl (C=O) groups is 1. The molecule has 5 nitrogen and oxygen atoms in total. The number of likely N-dealkylation sites (tertiary alicyclic amines) is 1. The van der Waals surface area contributed by atoms with Crippen molar-refractivity contribution in [1.29, 1.82) is 0 Å². The van der Waals surface area contributed by atoms with Gasteiger partial charge in [-0.2, -0.15) is 0 Å². The van der Waals surface area contributed by atoms with E-state index in [0.717, 1.165) is 45.8 Å². The minimum absolute atomic E-state index is 0. The van der Waals surface area contributed by atoms with Crippen LogP contribution in [0.15, 0.2) is 0 Å². The Morgan fingerprint density at radius 2 is 1.82 bits per heavy atom. The third-order valence-corrected chi connectivity index (χ3v) is 4.90. The molecule has 0 aromatic carbocycles. The molecule has 2 fully saturated rings. The first kappa shape index (κ1) is 21.9. The third kappa shape index (κ3) is 5.53. The molecule has 7 heteroatoms. The zero-order valence-corrected chi connectivity index (χ0v) is 15.7. The fraction of sp³-hybridized carbons (Fsp3) is 0.933. The standard InChI is InChI=1S/C15H30N4O.2ClH/c1-4-17-8-10-18(11-9-17)15(20)13(2)19-7-5-6-14(12-19)16-3;;/h13-14,16H,4-12H2,1-3H3;2*1H. The number of rotatable bonds is 4. The van der Waals surface area contributed by atoms with Crippen molar-refractivity contribution in [2.24, 2.45) is 0 Å². The average Bonchev–Trinajstić information content (AvgIpc) is 2.53. The molecule has 2 aliphatic heterocycles. The Morgan fingerprint density at radius 3 is 2.36 bits per heavy atom. The lowest BCUT2D eigenvalue weighted by Crippen LogP contribution is -2.56. The second-order valence-electron chi connectivity index (χ2n) is 6.06. The maximum absolute atomic E-state index is 12.6. The van der Waals surface area contributed by atoms with Crippen LogP contribution in [0.5, 0.6) is 0 Å². The second-order valence-corrected chi connectivity index (χ2v) is 6.06. The molecule has 2 atom stereocenters. The number of halogens is 2. The highest BCUT2D eigenvalue weighted by Crippen LogP contribution is 2.15. The monoisotopic (exact) mass is 354 g/mol. The van der Waals surface area contributed by atoms with E-state index in [0.29, 0.717) is 11.9 Å². The van der Waals surface area contributed by atoms with Gasteiger partial charge in [-0.15, -0.1) is 24.8 Å². The van der Waals surface area contributed by atoms with Gasteiger partial charge in [-0.05, 0) is 39.9 Å². The Hall–Kier alpha value is -0.0700. The average molecular weight is 355 g/mol. The molecule has 2 saturated heterocycles. The predicted octanol–water partition coefficient (Wildman–Crippen LogP) is 1.07. The van der Waals surface area contributed by atoms with Gasteiger partial charge in [0.25, 0.3) is 0 Å². The number of piperidine rings is 1. The Labute approximate surface area is 147 Å². The van der Waals surface area contributed by atoms with E-state index in [9.17, 15) is 4.79 Å². The summed E-state index contributed by atoms with van der Waals surface area (Å²) in [5, 5.41) is 3.35. The SMILES string of the molecule is CCN1CCN(C(=O)C(C)N2CCCC(NC)C2)CC1.Cl.Cl. The molecule has 0 spiro atoms. The molecule has 0 aromatic rings. The maximum Gasteiger partial charge on any atom is 0.239 e. The summed E-state index contributed by atoms with van der Waals surface area (Å²) >= 11 is 0. The van der Waals surface area contributed by atoms with Crippen LogP contribution in [0.3, 0.4) is 0 Å². The van der Waals surface area contributed by atoms with Crippen molar-refractivity contribution in [2.75, 3.05) is 52.9 Å². The lowest BCUT2D eigenvalue weighted by molar-refractivity contribution is -0.138. The van der Waals surface area contributed by atoms with Crippen LogP contribution < -0.4 is 5.32 Å². The summed E-state index contributed by atoms with van der Waals surface area (Å²) in [4.78, 5) is 19.4. The number of carbonyl (C=O) groups excluding carboxylic acids is 1. The first-order valence-corrected chi connectivity index (χ1v) is 8.08. The summed E-state index contributed by atoms with van der Waals surface area (Å²) in [6.45, 7) is 11.2. The van der Waals surface area contributed by atoms with Crippen LogP contribution in [0.4, 0.5) is 0 Å². The van der Waals surface area contributed by atoms with E-state index >= 15 is 0 Å². The molecule has 1 amide bonds. The highest BCUT2D eigenvalue weighted by Gasteiger charge is 2.30. The van der Waals surface area contributed by atoms with Crippen molar-refractivity contribution in [1.82, 2.24) is 20.0 Å². The van der Waals surface area contributed by atoms with Gasteiger partial charge < -0.3 is 15.1 Å². The summed E-state index contributed by atoms with van der Waals surface area (Å²) in [5.74, 6) is 0.317. The molecule has 2 aliphatic rings. The highest BCUT2D eigenvalue weighted by atomic mass is 35.5. The van der Waals surface area contributed by atoms with Gasteiger partial charge in [0.1, 0.15) is 0 Å².